The van der Waals surface area contributed by atoms with Crippen molar-refractivity contribution in [2.75, 3.05) is 11.1 Å². The molecule has 0 spiro atoms. The number of thiol groups is 1. The summed E-state index contributed by atoms with van der Waals surface area (Å²) in [6, 6.07) is 8.01. The summed E-state index contributed by atoms with van der Waals surface area (Å²) in [5.74, 6) is -1.12. The molecule has 0 heterocycles. The molecule has 0 aromatic heterocycles. The van der Waals surface area contributed by atoms with Gasteiger partial charge >= 0.3 is 6.09 Å². The number of hydrogen-bond donors (Lipinski definition) is 4. The summed E-state index contributed by atoms with van der Waals surface area (Å²) in [6.45, 7) is 14.2. The third kappa shape index (κ3) is 7.64. The number of anilines is 1. The maximum absolute atomic E-state index is 13.9. The van der Waals surface area contributed by atoms with Crippen molar-refractivity contribution in [1.82, 2.24) is 10.2 Å². The zero-order valence-corrected chi connectivity index (χ0v) is 23.8. The Bertz CT molecular complexity index is 1120. The summed E-state index contributed by atoms with van der Waals surface area (Å²) in [6.07, 6.45) is -0.765. The van der Waals surface area contributed by atoms with E-state index in [4.69, 9.17) is 4.74 Å². The van der Waals surface area contributed by atoms with Gasteiger partial charge in [0.05, 0.1) is 0 Å². The lowest BCUT2D eigenvalue weighted by molar-refractivity contribution is -0.142. The first kappa shape index (κ1) is 30.0. The molecule has 3 amide bonds. The molecule has 0 bridgehead atoms. The highest BCUT2D eigenvalue weighted by Gasteiger charge is 2.39. The maximum Gasteiger partial charge on any atom is 0.408 e. The second-order valence-electron chi connectivity index (χ2n) is 10.4. The fourth-order valence-corrected chi connectivity index (χ4v) is 4.27. The van der Waals surface area contributed by atoms with Gasteiger partial charge in [-0.25, -0.2) is 4.79 Å². The molecule has 9 heteroatoms. The zero-order valence-electron chi connectivity index (χ0n) is 22.9. The van der Waals surface area contributed by atoms with Crippen molar-refractivity contribution < 1.29 is 24.2 Å². The number of hydrogen-bond acceptors (Lipinski definition) is 6. The second-order valence-corrected chi connectivity index (χ2v) is 10.8. The Labute approximate surface area is 225 Å². The number of carbonyl (C=O) groups is 3. The molecule has 0 aliphatic carbocycles. The van der Waals surface area contributed by atoms with Crippen LogP contribution in [0.5, 0.6) is 5.75 Å². The van der Waals surface area contributed by atoms with Crippen molar-refractivity contribution in [3.05, 3.63) is 58.7 Å². The molecular formula is C28H39N3O5S. The van der Waals surface area contributed by atoms with E-state index in [1.165, 1.54) is 4.90 Å². The topological polar surface area (TPSA) is 108 Å². The fourth-order valence-electron chi connectivity index (χ4n) is 4.02. The number of phenolic OH excluding ortho intramolecular Hbond substituents is 1. The van der Waals surface area contributed by atoms with Gasteiger partial charge < -0.3 is 25.4 Å². The molecule has 0 saturated carbocycles. The molecule has 2 rings (SSSR count). The molecule has 0 fully saturated rings. The standard InChI is InChI=1S/C28H39N3O5S/c1-16(2)31(26(34)21(15-37)29-27(35)36-28(6,7)8)23(20-14-10-13-19(5)24(20)32)25(33)30-22-17(3)11-9-12-18(22)4/h9-14,16,21,23,32,37H,15H2,1-8H3,(H,29,35)(H,30,33). The summed E-state index contributed by atoms with van der Waals surface area (Å²) in [4.78, 5) is 41.6. The van der Waals surface area contributed by atoms with Gasteiger partial charge in [0.1, 0.15) is 23.4 Å². The molecule has 0 radical (unpaired) electrons. The number of phenols is 1. The summed E-state index contributed by atoms with van der Waals surface area (Å²) >= 11 is 4.29. The molecule has 2 aromatic carbocycles. The van der Waals surface area contributed by atoms with Crippen molar-refractivity contribution in [2.45, 2.75) is 79.1 Å². The van der Waals surface area contributed by atoms with E-state index in [1.54, 1.807) is 59.7 Å². The lowest BCUT2D eigenvalue weighted by Gasteiger charge is -2.37. The molecule has 2 aromatic rings. The van der Waals surface area contributed by atoms with Gasteiger partial charge in [-0.15, -0.1) is 0 Å². The molecule has 2 unspecified atom stereocenters. The number of aromatic hydroxyl groups is 1. The average Bonchev–Trinajstić information content (AvgIpc) is 2.78. The van der Waals surface area contributed by atoms with Crippen LogP contribution in [0.2, 0.25) is 0 Å². The quantitative estimate of drug-likeness (QED) is 0.358. The Morgan fingerprint density at radius 2 is 1.54 bits per heavy atom. The van der Waals surface area contributed by atoms with E-state index in [-0.39, 0.29) is 17.1 Å². The third-order valence-corrected chi connectivity index (χ3v) is 6.17. The van der Waals surface area contributed by atoms with Crippen LogP contribution in [0.15, 0.2) is 36.4 Å². The molecule has 0 aliphatic rings. The minimum absolute atomic E-state index is 0.0215. The minimum Gasteiger partial charge on any atom is -0.507 e. The first-order valence-corrected chi connectivity index (χ1v) is 12.9. The number of carbonyl (C=O) groups excluding carboxylic acids is 3. The Balaban J connectivity index is 2.57. The smallest absolute Gasteiger partial charge is 0.408 e. The zero-order chi connectivity index (χ0) is 28.1. The Kier molecular flexibility index (Phi) is 10.0. The van der Waals surface area contributed by atoms with E-state index in [0.717, 1.165) is 11.1 Å². The molecule has 202 valence electrons. The largest absolute Gasteiger partial charge is 0.507 e. The van der Waals surface area contributed by atoms with Crippen LogP contribution in [0, 0.1) is 20.8 Å². The first-order chi connectivity index (χ1) is 17.2. The molecule has 3 N–H and O–H groups in total. The predicted octanol–water partition coefficient (Wildman–Crippen LogP) is 5.06. The number of ether oxygens (including phenoxy) is 1. The SMILES string of the molecule is Cc1cccc(C(C(=O)Nc2c(C)cccc2C)N(C(=O)C(CS)NC(=O)OC(C)(C)C)C(C)C)c1O. The number of para-hydroxylation sites is 2. The van der Waals surface area contributed by atoms with Gasteiger partial charge in [0, 0.05) is 23.0 Å². The fraction of sp³-hybridized carbons (Fsp3) is 0.464. The van der Waals surface area contributed by atoms with Gasteiger partial charge in [0.25, 0.3) is 5.91 Å². The number of benzene rings is 2. The molecule has 37 heavy (non-hydrogen) atoms. The van der Waals surface area contributed by atoms with Gasteiger partial charge in [-0.05, 0) is 72.1 Å². The van der Waals surface area contributed by atoms with Crippen LogP contribution in [0.4, 0.5) is 10.5 Å². The highest BCUT2D eigenvalue weighted by atomic mass is 32.1. The molecule has 0 aliphatic heterocycles. The summed E-state index contributed by atoms with van der Waals surface area (Å²) in [7, 11) is 0. The second kappa shape index (κ2) is 12.4. The number of rotatable bonds is 8. The molecule has 0 saturated heterocycles. The summed E-state index contributed by atoms with van der Waals surface area (Å²) in [5.41, 5.74) is 2.45. The van der Waals surface area contributed by atoms with Crippen LogP contribution in [0.1, 0.15) is 62.9 Å². The molecule has 2 atom stereocenters. The minimum atomic E-state index is -1.19. The highest BCUT2D eigenvalue weighted by molar-refractivity contribution is 7.80. The van der Waals surface area contributed by atoms with Crippen LogP contribution in [-0.2, 0) is 14.3 Å². The van der Waals surface area contributed by atoms with E-state index in [0.29, 0.717) is 11.3 Å². The number of nitrogens with zero attached hydrogens (tertiary/aromatic N) is 1. The number of alkyl carbamates (subject to hydrolysis) is 1. The van der Waals surface area contributed by atoms with Crippen molar-refractivity contribution >= 4 is 36.2 Å². The monoisotopic (exact) mass is 529 g/mol. The van der Waals surface area contributed by atoms with Crippen LogP contribution >= 0.6 is 12.6 Å². The van der Waals surface area contributed by atoms with Gasteiger partial charge in [-0.2, -0.15) is 12.6 Å². The van der Waals surface area contributed by atoms with Crippen LogP contribution in [-0.4, -0.2) is 51.4 Å². The van der Waals surface area contributed by atoms with E-state index in [9.17, 15) is 19.5 Å². The lowest BCUT2D eigenvalue weighted by atomic mass is 9.97. The van der Waals surface area contributed by atoms with E-state index in [2.05, 4.69) is 23.3 Å². The van der Waals surface area contributed by atoms with Crippen molar-refractivity contribution in [3.63, 3.8) is 0 Å². The summed E-state index contributed by atoms with van der Waals surface area (Å²) < 4.78 is 5.32. The number of aryl methyl sites for hydroxylation is 3. The molecular weight excluding hydrogens is 490 g/mol. The van der Waals surface area contributed by atoms with Crippen molar-refractivity contribution in [2.24, 2.45) is 0 Å². The Morgan fingerprint density at radius 1 is 1.00 bits per heavy atom. The van der Waals surface area contributed by atoms with E-state index >= 15 is 0 Å². The van der Waals surface area contributed by atoms with Gasteiger partial charge in [0.2, 0.25) is 5.91 Å². The van der Waals surface area contributed by atoms with Gasteiger partial charge in [-0.1, -0.05) is 36.4 Å². The maximum atomic E-state index is 13.9. The van der Waals surface area contributed by atoms with Gasteiger partial charge in [-0.3, -0.25) is 9.59 Å². The van der Waals surface area contributed by atoms with Crippen LogP contribution < -0.4 is 10.6 Å². The highest BCUT2D eigenvalue weighted by Crippen LogP contribution is 2.34. The first-order valence-electron chi connectivity index (χ1n) is 12.3. The van der Waals surface area contributed by atoms with Gasteiger partial charge in [0.15, 0.2) is 0 Å². The third-order valence-electron chi connectivity index (χ3n) is 5.80. The number of amides is 3. The molecule has 8 nitrogen and oxygen atoms in total. The lowest BCUT2D eigenvalue weighted by Crippen LogP contribution is -2.55. The Morgan fingerprint density at radius 3 is 2.05 bits per heavy atom. The average molecular weight is 530 g/mol. The van der Waals surface area contributed by atoms with Crippen molar-refractivity contribution in [3.8, 4) is 5.75 Å². The van der Waals surface area contributed by atoms with Crippen LogP contribution in [0.25, 0.3) is 0 Å². The Hall–Kier alpha value is -3.20. The van der Waals surface area contributed by atoms with E-state index < -0.39 is 41.6 Å². The van der Waals surface area contributed by atoms with Crippen LogP contribution in [0.3, 0.4) is 0 Å². The van der Waals surface area contributed by atoms with E-state index in [1.807, 2.05) is 32.0 Å². The normalized spacial score (nSPS) is 13.0. The predicted molar refractivity (Wildman–Crippen MR) is 149 cm³/mol. The summed E-state index contributed by atoms with van der Waals surface area (Å²) in [5, 5.41) is 16.5. The number of nitrogens with one attached hydrogen (secondary N) is 2. The van der Waals surface area contributed by atoms with Crippen molar-refractivity contribution in [1.29, 1.82) is 0 Å².